The number of hydroxylamine groups is 3. The van der Waals surface area contributed by atoms with Crippen LogP contribution in [0, 0.1) is 5.82 Å². The zero-order valence-electron chi connectivity index (χ0n) is 13.9. The Bertz CT molecular complexity index is 614. The smallest absolute Gasteiger partial charge is 0.243 e. The molecule has 138 valence electrons. The number of carbonyl (C=O) groups is 1. The van der Waals surface area contributed by atoms with E-state index in [0.717, 1.165) is 37.7 Å². The van der Waals surface area contributed by atoms with Crippen LogP contribution in [0.1, 0.15) is 37.7 Å². The second-order valence-electron chi connectivity index (χ2n) is 5.35. The van der Waals surface area contributed by atoms with Crippen molar-refractivity contribution >= 4 is 24.0 Å². The average Bonchev–Trinajstić information content (AvgIpc) is 3.06. The summed E-state index contributed by atoms with van der Waals surface area (Å²) >= 11 is 1.08. The van der Waals surface area contributed by atoms with Gasteiger partial charge in [-0.2, -0.15) is 4.28 Å². The lowest BCUT2D eigenvalue weighted by Gasteiger charge is -2.10. The quantitative estimate of drug-likeness (QED) is 0.298. The predicted octanol–water partition coefficient (Wildman–Crippen LogP) is 3.42. The molecule has 0 saturated carbocycles. The highest BCUT2D eigenvalue weighted by Crippen LogP contribution is 2.33. The van der Waals surface area contributed by atoms with Gasteiger partial charge in [-0.1, -0.05) is 12.8 Å². The number of carbonyl (C=O) groups excluding carboxylic acids is 1. The van der Waals surface area contributed by atoms with Crippen LogP contribution in [0.2, 0.25) is 0 Å². The number of amides is 1. The summed E-state index contributed by atoms with van der Waals surface area (Å²) in [7, 11) is 1.48. The molecular formula is C16H21FN2O5S. The summed E-state index contributed by atoms with van der Waals surface area (Å²) in [6.07, 6.45) is 5.39. The maximum Gasteiger partial charge on any atom is 0.243 e. The fourth-order valence-electron chi connectivity index (χ4n) is 2.21. The van der Waals surface area contributed by atoms with E-state index in [4.69, 9.17) is 19.1 Å². The van der Waals surface area contributed by atoms with E-state index in [2.05, 4.69) is 0 Å². The first-order chi connectivity index (χ1) is 12.1. The van der Waals surface area contributed by atoms with Crippen molar-refractivity contribution in [3.05, 3.63) is 34.7 Å². The van der Waals surface area contributed by atoms with Crippen LogP contribution in [-0.4, -0.2) is 30.0 Å². The third-order valence-electron chi connectivity index (χ3n) is 3.48. The highest BCUT2D eigenvalue weighted by Gasteiger charge is 2.21. The highest BCUT2D eigenvalue weighted by atomic mass is 32.2. The van der Waals surface area contributed by atoms with Gasteiger partial charge in [-0.25, -0.2) is 9.87 Å². The molecule has 1 saturated heterocycles. The second kappa shape index (κ2) is 10.2. The van der Waals surface area contributed by atoms with Crippen molar-refractivity contribution in [2.45, 2.75) is 32.1 Å². The van der Waals surface area contributed by atoms with Crippen LogP contribution in [0.3, 0.4) is 0 Å². The zero-order chi connectivity index (χ0) is 18.1. The number of hydrogen-bond donors (Lipinski definition) is 2. The van der Waals surface area contributed by atoms with Crippen molar-refractivity contribution in [3.8, 4) is 5.75 Å². The highest BCUT2D eigenvalue weighted by molar-refractivity contribution is 7.98. The van der Waals surface area contributed by atoms with Crippen LogP contribution >= 0.6 is 12.0 Å². The predicted molar refractivity (Wildman–Crippen MR) is 90.4 cm³/mol. The summed E-state index contributed by atoms with van der Waals surface area (Å²) in [6, 6.07) is 4.27. The summed E-state index contributed by atoms with van der Waals surface area (Å²) < 4.78 is 23.7. The van der Waals surface area contributed by atoms with Gasteiger partial charge in [0.25, 0.3) is 0 Å². The molecule has 1 aliphatic heterocycles. The molecule has 0 radical (unpaired) electrons. The Labute approximate surface area is 149 Å². The van der Waals surface area contributed by atoms with Crippen molar-refractivity contribution in [2.24, 2.45) is 0 Å². The molecule has 0 unspecified atom stereocenters. The number of ether oxygens (including phenoxy) is 1. The van der Waals surface area contributed by atoms with Gasteiger partial charge in [0.15, 0.2) is 0 Å². The van der Waals surface area contributed by atoms with Crippen LogP contribution < -0.4 is 10.2 Å². The molecule has 0 aromatic heterocycles. The van der Waals surface area contributed by atoms with Crippen LogP contribution in [0.25, 0.3) is 6.08 Å². The molecular weight excluding hydrogens is 351 g/mol. The number of rotatable bonds is 9. The number of benzene rings is 1. The van der Waals surface area contributed by atoms with Gasteiger partial charge in [0.1, 0.15) is 11.6 Å². The number of methoxy groups -OCH3 is 1. The summed E-state index contributed by atoms with van der Waals surface area (Å²) in [4.78, 5) is 16.4. The fourth-order valence-corrected chi connectivity index (χ4v) is 2.76. The van der Waals surface area contributed by atoms with Gasteiger partial charge in [-0.3, -0.25) is 10.0 Å². The number of hydrogen-bond acceptors (Lipinski definition) is 7. The molecule has 2 N–H and O–H groups in total. The van der Waals surface area contributed by atoms with E-state index in [-0.39, 0.29) is 11.7 Å². The molecule has 0 aliphatic carbocycles. The molecule has 1 aromatic rings. The van der Waals surface area contributed by atoms with Gasteiger partial charge in [0.2, 0.25) is 11.0 Å². The first-order valence-electron chi connectivity index (χ1n) is 7.90. The van der Waals surface area contributed by atoms with E-state index in [1.165, 1.54) is 24.5 Å². The Kier molecular flexibility index (Phi) is 7.99. The molecule has 0 spiro atoms. The minimum atomic E-state index is -0.367. The first-order valence-corrected chi connectivity index (χ1v) is 8.65. The van der Waals surface area contributed by atoms with E-state index in [9.17, 15) is 9.18 Å². The Morgan fingerprint density at radius 1 is 1.40 bits per heavy atom. The maximum atomic E-state index is 13.2. The summed E-state index contributed by atoms with van der Waals surface area (Å²) in [5.41, 5.74) is 2.30. The molecule has 1 aliphatic rings. The Balaban J connectivity index is 1.72. The molecule has 2 rings (SSSR count). The normalized spacial score (nSPS) is 16.0. The van der Waals surface area contributed by atoms with E-state index < -0.39 is 0 Å². The zero-order valence-corrected chi connectivity index (χ0v) is 14.7. The van der Waals surface area contributed by atoms with E-state index >= 15 is 0 Å². The molecule has 1 aromatic carbocycles. The molecule has 9 heteroatoms. The Morgan fingerprint density at radius 3 is 2.96 bits per heavy atom. The van der Waals surface area contributed by atoms with Crippen LogP contribution in [0.4, 0.5) is 4.39 Å². The number of nitrogens with one attached hydrogen (secondary N) is 1. The Morgan fingerprint density at radius 2 is 2.20 bits per heavy atom. The van der Waals surface area contributed by atoms with Crippen molar-refractivity contribution in [2.75, 3.05) is 13.7 Å². The maximum absolute atomic E-state index is 13.2. The van der Waals surface area contributed by atoms with E-state index in [1.54, 1.807) is 17.6 Å². The van der Waals surface area contributed by atoms with Gasteiger partial charge in [-0.05, 0) is 30.2 Å². The molecule has 25 heavy (non-hydrogen) atoms. The molecule has 7 nitrogen and oxygen atoms in total. The molecule has 0 atom stereocenters. The monoisotopic (exact) mass is 372 g/mol. The van der Waals surface area contributed by atoms with Gasteiger partial charge >= 0.3 is 0 Å². The molecule has 1 amide bonds. The minimum Gasteiger partial charge on any atom is -0.496 e. The fraction of sp³-hybridized carbons (Fsp3) is 0.438. The number of halogens is 1. The number of unbranched alkanes of at least 4 members (excludes halogenated alkanes) is 3. The van der Waals surface area contributed by atoms with Crippen molar-refractivity contribution in [3.63, 3.8) is 0 Å². The van der Waals surface area contributed by atoms with Crippen molar-refractivity contribution in [1.29, 1.82) is 0 Å². The molecule has 1 heterocycles. The van der Waals surface area contributed by atoms with Gasteiger partial charge in [-0.15, -0.1) is 0 Å². The van der Waals surface area contributed by atoms with Gasteiger partial charge in [0, 0.05) is 24.1 Å². The summed E-state index contributed by atoms with van der Waals surface area (Å²) in [5.74, 6) is -0.316. The van der Waals surface area contributed by atoms with Crippen LogP contribution in [0.5, 0.6) is 5.75 Å². The molecule has 0 bridgehead atoms. The lowest BCUT2D eigenvalue weighted by atomic mass is 10.1. The SMILES string of the molecule is COc1cc(F)ccc1/C=C1/ON(CCCCCCC(=O)NO)OS1. The summed E-state index contributed by atoms with van der Waals surface area (Å²) in [6.45, 7) is 0.580. The Hall–Kier alpha value is -1.81. The average molecular weight is 372 g/mol. The van der Waals surface area contributed by atoms with Gasteiger partial charge < -0.3 is 9.57 Å². The second-order valence-corrected chi connectivity index (χ2v) is 6.07. The van der Waals surface area contributed by atoms with Crippen molar-refractivity contribution in [1.82, 2.24) is 10.7 Å². The van der Waals surface area contributed by atoms with Crippen LogP contribution in [0.15, 0.2) is 23.3 Å². The van der Waals surface area contributed by atoms with E-state index in [0.29, 0.717) is 29.4 Å². The third-order valence-corrected chi connectivity index (χ3v) is 4.08. The van der Waals surface area contributed by atoms with Gasteiger partial charge in [0.05, 0.1) is 25.7 Å². The molecule has 1 fully saturated rings. The van der Waals surface area contributed by atoms with Crippen LogP contribution in [-0.2, 0) is 13.9 Å². The first kappa shape index (κ1) is 19.5. The topological polar surface area (TPSA) is 80.3 Å². The van der Waals surface area contributed by atoms with Crippen molar-refractivity contribution < 1.29 is 28.3 Å². The summed E-state index contributed by atoms with van der Waals surface area (Å²) in [5, 5.41) is 10.3. The third kappa shape index (κ3) is 6.54. The standard InChI is InChI=1S/C16H21FN2O5S/c1-22-14-11-13(17)8-7-12(14)10-16-23-19(24-25-16)9-5-3-2-4-6-15(20)18-21/h7-8,10-11,21H,2-6,9H2,1H3,(H,18,20)/b16-10-. The number of nitrogens with zero attached hydrogens (tertiary/aromatic N) is 1. The minimum absolute atomic E-state index is 0.315. The van der Waals surface area contributed by atoms with E-state index in [1.807, 2.05) is 0 Å². The lowest BCUT2D eigenvalue weighted by Crippen LogP contribution is -2.18. The lowest BCUT2D eigenvalue weighted by molar-refractivity contribution is -0.259. The largest absolute Gasteiger partial charge is 0.496 e.